The number of fused-ring (bicyclic) bond motifs is 1. The predicted octanol–water partition coefficient (Wildman–Crippen LogP) is 2.20. The van der Waals surface area contributed by atoms with Crippen molar-refractivity contribution in [1.82, 2.24) is 10.3 Å². The molecular formula is C10H17Cl2N3S. The molecule has 1 aromatic heterocycles. The monoisotopic (exact) mass is 281 g/mol. The zero-order valence-corrected chi connectivity index (χ0v) is 11.4. The van der Waals surface area contributed by atoms with E-state index in [-0.39, 0.29) is 24.8 Å². The maximum atomic E-state index is 5.67. The molecule has 1 aliphatic carbocycles. The van der Waals surface area contributed by atoms with Crippen molar-refractivity contribution in [2.75, 3.05) is 12.3 Å². The summed E-state index contributed by atoms with van der Waals surface area (Å²) in [4.78, 5) is 5.67. The van der Waals surface area contributed by atoms with Crippen molar-refractivity contribution < 1.29 is 0 Å². The second kappa shape index (κ2) is 7.12. The number of thiazole rings is 1. The molecule has 0 bridgehead atoms. The van der Waals surface area contributed by atoms with E-state index in [0.29, 0.717) is 11.2 Å². The van der Waals surface area contributed by atoms with Crippen LogP contribution in [-0.2, 0) is 12.8 Å². The van der Waals surface area contributed by atoms with Crippen LogP contribution in [0.15, 0.2) is 12.7 Å². The summed E-state index contributed by atoms with van der Waals surface area (Å²) in [6.07, 6.45) is 5.18. The van der Waals surface area contributed by atoms with Gasteiger partial charge >= 0.3 is 0 Å². The summed E-state index contributed by atoms with van der Waals surface area (Å²) in [5, 5.41) is 4.15. The smallest absolute Gasteiger partial charge is 0.180 e. The number of hydrogen-bond acceptors (Lipinski definition) is 4. The minimum atomic E-state index is 0. The number of rotatable bonds is 3. The van der Waals surface area contributed by atoms with Gasteiger partial charge in [-0.05, 0) is 19.3 Å². The van der Waals surface area contributed by atoms with Crippen molar-refractivity contribution in [2.45, 2.75) is 25.3 Å². The van der Waals surface area contributed by atoms with Crippen LogP contribution in [0.2, 0.25) is 0 Å². The van der Waals surface area contributed by atoms with Gasteiger partial charge < -0.3 is 11.1 Å². The fourth-order valence-electron chi connectivity index (χ4n) is 1.82. The third kappa shape index (κ3) is 3.63. The third-order valence-corrected chi connectivity index (χ3v) is 3.46. The first-order valence-electron chi connectivity index (χ1n) is 4.88. The van der Waals surface area contributed by atoms with Crippen molar-refractivity contribution >= 4 is 41.3 Å². The number of aromatic nitrogens is 1. The standard InChI is InChI=1S/C10H15N3S.2ClH/c1-2-5-12-7-3-4-8-9(6-7)14-10(11)13-8;;/h2,7,12H,1,3-6H2,(H2,11,13);2*1H. The molecule has 1 aliphatic rings. The highest BCUT2D eigenvalue weighted by Crippen LogP contribution is 2.27. The zero-order chi connectivity index (χ0) is 9.97. The topological polar surface area (TPSA) is 50.9 Å². The van der Waals surface area contributed by atoms with Gasteiger partial charge in [0.05, 0.1) is 5.69 Å². The van der Waals surface area contributed by atoms with E-state index in [4.69, 9.17) is 5.73 Å². The molecule has 3 N–H and O–H groups in total. The van der Waals surface area contributed by atoms with Crippen molar-refractivity contribution in [3.8, 4) is 0 Å². The molecule has 1 unspecified atom stereocenters. The molecule has 0 aromatic carbocycles. The number of anilines is 1. The summed E-state index contributed by atoms with van der Waals surface area (Å²) < 4.78 is 0. The highest BCUT2D eigenvalue weighted by Gasteiger charge is 2.20. The number of nitrogens with one attached hydrogen (secondary N) is 1. The van der Waals surface area contributed by atoms with E-state index in [0.717, 1.165) is 25.8 Å². The van der Waals surface area contributed by atoms with Crippen molar-refractivity contribution in [2.24, 2.45) is 0 Å². The molecule has 0 aliphatic heterocycles. The van der Waals surface area contributed by atoms with E-state index in [1.807, 2.05) is 6.08 Å². The van der Waals surface area contributed by atoms with Crippen molar-refractivity contribution in [3.05, 3.63) is 23.2 Å². The van der Waals surface area contributed by atoms with E-state index in [1.54, 1.807) is 11.3 Å². The summed E-state index contributed by atoms with van der Waals surface area (Å²) in [6, 6.07) is 0.570. The minimum Gasteiger partial charge on any atom is -0.375 e. The highest BCUT2D eigenvalue weighted by atomic mass is 35.5. The Balaban J connectivity index is 0.00000112. The van der Waals surface area contributed by atoms with Crippen LogP contribution >= 0.6 is 36.2 Å². The highest BCUT2D eigenvalue weighted by molar-refractivity contribution is 7.15. The van der Waals surface area contributed by atoms with Gasteiger partial charge in [0.1, 0.15) is 0 Å². The van der Waals surface area contributed by atoms with Crippen LogP contribution in [0, 0.1) is 0 Å². The van der Waals surface area contributed by atoms with E-state index in [1.165, 1.54) is 10.6 Å². The Kier molecular flexibility index (Phi) is 6.99. The van der Waals surface area contributed by atoms with Gasteiger partial charge in [0.2, 0.25) is 0 Å². The molecule has 1 heterocycles. The summed E-state index contributed by atoms with van der Waals surface area (Å²) in [5.41, 5.74) is 6.89. The van der Waals surface area contributed by atoms with Crippen molar-refractivity contribution in [1.29, 1.82) is 0 Å². The van der Waals surface area contributed by atoms with Crippen LogP contribution in [0.1, 0.15) is 17.0 Å². The van der Waals surface area contributed by atoms with Crippen LogP contribution in [0.25, 0.3) is 0 Å². The Morgan fingerprint density at radius 1 is 1.56 bits per heavy atom. The molecule has 92 valence electrons. The molecule has 0 saturated heterocycles. The number of aryl methyl sites for hydroxylation is 1. The van der Waals surface area contributed by atoms with E-state index in [9.17, 15) is 0 Å². The van der Waals surface area contributed by atoms with Crippen LogP contribution in [0.5, 0.6) is 0 Å². The third-order valence-electron chi connectivity index (χ3n) is 2.51. The van der Waals surface area contributed by atoms with E-state index in [2.05, 4.69) is 16.9 Å². The number of halogens is 2. The maximum Gasteiger partial charge on any atom is 0.180 e. The van der Waals surface area contributed by atoms with Gasteiger partial charge in [0.15, 0.2) is 5.13 Å². The average molecular weight is 282 g/mol. The summed E-state index contributed by atoms with van der Waals surface area (Å²) in [6.45, 7) is 4.58. The molecule has 3 nitrogen and oxygen atoms in total. The molecule has 2 rings (SSSR count). The van der Waals surface area contributed by atoms with Crippen LogP contribution < -0.4 is 11.1 Å². The second-order valence-electron chi connectivity index (χ2n) is 3.56. The lowest BCUT2D eigenvalue weighted by Gasteiger charge is -2.21. The van der Waals surface area contributed by atoms with Gasteiger partial charge in [-0.25, -0.2) is 4.98 Å². The molecular weight excluding hydrogens is 265 g/mol. The summed E-state index contributed by atoms with van der Waals surface area (Å²) >= 11 is 1.63. The molecule has 0 fully saturated rings. The fraction of sp³-hybridized carbons (Fsp3) is 0.500. The van der Waals surface area contributed by atoms with Gasteiger partial charge in [-0.1, -0.05) is 6.08 Å². The van der Waals surface area contributed by atoms with Gasteiger partial charge in [-0.15, -0.1) is 42.7 Å². The first-order chi connectivity index (χ1) is 6.79. The molecule has 0 radical (unpaired) electrons. The Morgan fingerprint density at radius 3 is 3.00 bits per heavy atom. The molecule has 0 saturated carbocycles. The molecule has 1 atom stereocenters. The molecule has 0 spiro atoms. The molecule has 6 heteroatoms. The van der Waals surface area contributed by atoms with Crippen LogP contribution in [0.4, 0.5) is 5.13 Å². The van der Waals surface area contributed by atoms with Crippen molar-refractivity contribution in [3.63, 3.8) is 0 Å². The van der Waals surface area contributed by atoms with Crippen LogP contribution in [0.3, 0.4) is 0 Å². The lowest BCUT2D eigenvalue weighted by Crippen LogP contribution is -2.34. The first kappa shape index (κ1) is 15.7. The SMILES string of the molecule is C=CCNC1CCc2nc(N)sc2C1.Cl.Cl. The quantitative estimate of drug-likeness (QED) is 0.836. The summed E-state index contributed by atoms with van der Waals surface area (Å²) in [7, 11) is 0. The van der Waals surface area contributed by atoms with Gasteiger partial charge in [-0.2, -0.15) is 0 Å². The number of nitrogens with two attached hydrogens (primary N) is 1. The lowest BCUT2D eigenvalue weighted by molar-refractivity contribution is 0.480. The molecule has 0 amide bonds. The minimum absolute atomic E-state index is 0. The Hall–Kier alpha value is -0.290. The first-order valence-corrected chi connectivity index (χ1v) is 5.69. The Labute approximate surface area is 112 Å². The fourth-order valence-corrected chi connectivity index (χ4v) is 2.78. The molecule has 1 aromatic rings. The lowest BCUT2D eigenvalue weighted by atomic mass is 9.98. The number of nitrogen functional groups attached to an aromatic ring is 1. The predicted molar refractivity (Wildman–Crippen MR) is 75.0 cm³/mol. The Bertz CT molecular complexity index is 341. The largest absolute Gasteiger partial charge is 0.375 e. The van der Waals surface area contributed by atoms with E-state index >= 15 is 0 Å². The van der Waals surface area contributed by atoms with Gasteiger partial charge in [-0.3, -0.25) is 0 Å². The zero-order valence-electron chi connectivity index (χ0n) is 8.94. The van der Waals surface area contributed by atoms with Gasteiger partial charge in [0.25, 0.3) is 0 Å². The summed E-state index contributed by atoms with van der Waals surface area (Å²) in [5.74, 6) is 0. The number of nitrogens with zero attached hydrogens (tertiary/aromatic N) is 1. The molecule has 16 heavy (non-hydrogen) atoms. The maximum absolute atomic E-state index is 5.67. The van der Waals surface area contributed by atoms with Gasteiger partial charge in [0, 0.05) is 17.5 Å². The van der Waals surface area contributed by atoms with E-state index < -0.39 is 0 Å². The average Bonchev–Trinajstić information content (AvgIpc) is 2.54. The number of hydrogen-bond donors (Lipinski definition) is 2. The Morgan fingerprint density at radius 2 is 2.31 bits per heavy atom. The normalized spacial score (nSPS) is 17.9. The second-order valence-corrected chi connectivity index (χ2v) is 4.67. The van der Waals surface area contributed by atoms with Crippen LogP contribution in [-0.4, -0.2) is 17.6 Å².